The second-order valence-electron chi connectivity index (χ2n) is 6.01. The fraction of sp³-hybridized carbons (Fsp3) is 0.467. The summed E-state index contributed by atoms with van der Waals surface area (Å²) in [6.45, 7) is 3.64. The van der Waals surface area contributed by atoms with E-state index in [0.29, 0.717) is 11.8 Å². The van der Waals surface area contributed by atoms with E-state index in [1.807, 2.05) is 40.5 Å². The maximum Gasteiger partial charge on any atom is 0.231 e. The molecule has 2 aromatic rings. The molecule has 1 amide bonds. The number of anilines is 1. The van der Waals surface area contributed by atoms with Crippen LogP contribution >= 0.6 is 11.3 Å². The molecule has 0 saturated carbocycles. The zero-order valence-corrected chi connectivity index (χ0v) is 12.8. The number of hydrogen-bond acceptors (Lipinski definition) is 4. The van der Waals surface area contributed by atoms with Crippen LogP contribution in [0.5, 0.6) is 0 Å². The van der Waals surface area contributed by atoms with Gasteiger partial charge in [-0.3, -0.25) is 14.4 Å². The molecule has 110 valence electrons. The number of aryl methyl sites for hydroxylation is 1. The number of likely N-dealkylation sites (tertiary alicyclic amines) is 1. The van der Waals surface area contributed by atoms with Crippen LogP contribution < -0.4 is 4.90 Å². The summed E-state index contributed by atoms with van der Waals surface area (Å²) in [7, 11) is 1.93. The van der Waals surface area contributed by atoms with Gasteiger partial charge >= 0.3 is 0 Å². The third-order valence-electron chi connectivity index (χ3n) is 4.50. The lowest BCUT2D eigenvalue weighted by molar-refractivity contribution is -0.120. The van der Waals surface area contributed by atoms with Gasteiger partial charge < -0.3 is 4.90 Å². The number of carbonyl (C=O) groups is 1. The molecule has 0 N–H and O–H groups in total. The molecule has 21 heavy (non-hydrogen) atoms. The standard InChI is InChI=1S/C15H18N4OS/c1-17-5-11(4-16-17)6-18-7-12-8-19(13-2-3-21-10-13)15(20)14(12)9-18/h2-5,10,12,14H,6-9H2,1H3/t12-,14-/m1/s1. The number of carbonyl (C=O) groups excluding carboxylic acids is 1. The third kappa shape index (κ3) is 2.28. The Balaban J connectivity index is 1.43. The summed E-state index contributed by atoms with van der Waals surface area (Å²) in [6.07, 6.45) is 3.96. The van der Waals surface area contributed by atoms with Gasteiger partial charge in [0, 0.05) is 56.3 Å². The Morgan fingerprint density at radius 3 is 2.95 bits per heavy atom. The number of rotatable bonds is 3. The highest BCUT2D eigenvalue weighted by atomic mass is 32.1. The zero-order valence-electron chi connectivity index (χ0n) is 12.0. The second kappa shape index (κ2) is 4.96. The first-order valence-electron chi connectivity index (χ1n) is 7.24. The predicted molar refractivity (Wildman–Crippen MR) is 82.1 cm³/mol. The first-order valence-corrected chi connectivity index (χ1v) is 8.18. The fourth-order valence-electron chi connectivity index (χ4n) is 3.53. The van der Waals surface area contributed by atoms with Crippen LogP contribution in [0.25, 0.3) is 0 Å². The molecule has 0 radical (unpaired) electrons. The van der Waals surface area contributed by atoms with Crippen molar-refractivity contribution in [3.63, 3.8) is 0 Å². The van der Waals surface area contributed by atoms with E-state index < -0.39 is 0 Å². The highest BCUT2D eigenvalue weighted by Gasteiger charge is 2.46. The fourth-order valence-corrected chi connectivity index (χ4v) is 4.18. The van der Waals surface area contributed by atoms with Crippen LogP contribution in [-0.4, -0.2) is 40.2 Å². The van der Waals surface area contributed by atoms with E-state index in [9.17, 15) is 4.79 Å². The first kappa shape index (κ1) is 13.0. The number of amides is 1. The Hall–Kier alpha value is -1.66. The van der Waals surface area contributed by atoms with Crippen molar-refractivity contribution in [3.8, 4) is 0 Å². The lowest BCUT2D eigenvalue weighted by Crippen LogP contribution is -2.32. The van der Waals surface area contributed by atoms with E-state index in [0.717, 1.165) is 31.9 Å². The maximum atomic E-state index is 12.6. The SMILES string of the molecule is Cn1cc(CN2C[C@@H]3CN(c4ccsc4)C(=O)[C@@H]3C2)cn1. The van der Waals surface area contributed by atoms with Crippen LogP contribution in [0.4, 0.5) is 5.69 Å². The molecule has 4 heterocycles. The monoisotopic (exact) mass is 302 g/mol. The average molecular weight is 302 g/mol. The van der Waals surface area contributed by atoms with Gasteiger partial charge in [0.05, 0.1) is 17.8 Å². The van der Waals surface area contributed by atoms with Gasteiger partial charge in [-0.25, -0.2) is 0 Å². The van der Waals surface area contributed by atoms with E-state index in [2.05, 4.69) is 15.4 Å². The van der Waals surface area contributed by atoms with Crippen molar-refractivity contribution < 1.29 is 4.79 Å². The van der Waals surface area contributed by atoms with Crippen LogP contribution in [0.15, 0.2) is 29.2 Å². The molecule has 2 aliphatic rings. The summed E-state index contributed by atoms with van der Waals surface area (Å²) >= 11 is 1.65. The quantitative estimate of drug-likeness (QED) is 0.864. The van der Waals surface area contributed by atoms with Gasteiger partial charge in [-0.15, -0.1) is 0 Å². The first-order chi connectivity index (χ1) is 10.2. The van der Waals surface area contributed by atoms with Crippen molar-refractivity contribution in [2.24, 2.45) is 18.9 Å². The van der Waals surface area contributed by atoms with Crippen molar-refractivity contribution in [1.29, 1.82) is 0 Å². The van der Waals surface area contributed by atoms with Crippen LogP contribution in [0.1, 0.15) is 5.56 Å². The van der Waals surface area contributed by atoms with Gasteiger partial charge in [-0.05, 0) is 11.4 Å². The molecule has 2 aliphatic heterocycles. The number of fused-ring (bicyclic) bond motifs is 1. The molecule has 0 bridgehead atoms. The van der Waals surface area contributed by atoms with Crippen LogP contribution in [0, 0.1) is 11.8 Å². The molecule has 0 aliphatic carbocycles. The van der Waals surface area contributed by atoms with Gasteiger partial charge in [0.2, 0.25) is 5.91 Å². The number of aromatic nitrogens is 2. The van der Waals surface area contributed by atoms with E-state index in [4.69, 9.17) is 0 Å². The van der Waals surface area contributed by atoms with Crippen molar-refractivity contribution in [3.05, 3.63) is 34.8 Å². The molecule has 6 heteroatoms. The van der Waals surface area contributed by atoms with E-state index in [1.165, 1.54) is 5.56 Å². The Morgan fingerprint density at radius 1 is 1.38 bits per heavy atom. The van der Waals surface area contributed by atoms with Crippen molar-refractivity contribution in [2.75, 3.05) is 24.5 Å². The van der Waals surface area contributed by atoms with Gasteiger partial charge in [0.1, 0.15) is 0 Å². The lowest BCUT2D eigenvalue weighted by Gasteiger charge is -2.20. The summed E-state index contributed by atoms with van der Waals surface area (Å²) < 4.78 is 1.83. The van der Waals surface area contributed by atoms with E-state index in [1.54, 1.807) is 11.3 Å². The normalized spacial score (nSPS) is 25.8. The summed E-state index contributed by atoms with van der Waals surface area (Å²) in [5.74, 6) is 0.933. The summed E-state index contributed by atoms with van der Waals surface area (Å²) in [5.41, 5.74) is 2.29. The van der Waals surface area contributed by atoms with Crippen molar-refractivity contribution in [1.82, 2.24) is 14.7 Å². The van der Waals surface area contributed by atoms with Crippen LogP contribution in [-0.2, 0) is 18.4 Å². The minimum Gasteiger partial charge on any atom is -0.311 e. The second-order valence-corrected chi connectivity index (χ2v) is 6.79. The molecular weight excluding hydrogens is 284 g/mol. The molecule has 5 nitrogen and oxygen atoms in total. The highest BCUT2D eigenvalue weighted by molar-refractivity contribution is 7.08. The minimum atomic E-state index is 0.168. The van der Waals surface area contributed by atoms with Crippen molar-refractivity contribution >= 4 is 22.9 Å². The summed E-state index contributed by atoms with van der Waals surface area (Å²) in [4.78, 5) is 16.9. The molecule has 0 unspecified atom stereocenters. The molecular formula is C15H18N4OS. The van der Waals surface area contributed by atoms with E-state index >= 15 is 0 Å². The molecule has 0 spiro atoms. The summed E-state index contributed by atoms with van der Waals surface area (Å²) in [6, 6.07) is 2.04. The minimum absolute atomic E-state index is 0.168. The van der Waals surface area contributed by atoms with Gasteiger partial charge in [0.15, 0.2) is 0 Å². The topological polar surface area (TPSA) is 41.4 Å². The van der Waals surface area contributed by atoms with Gasteiger partial charge in [0.25, 0.3) is 0 Å². The molecule has 4 rings (SSSR count). The number of hydrogen-bond donors (Lipinski definition) is 0. The molecule has 2 atom stereocenters. The highest BCUT2D eigenvalue weighted by Crippen LogP contribution is 2.36. The van der Waals surface area contributed by atoms with Crippen molar-refractivity contribution in [2.45, 2.75) is 6.54 Å². The third-order valence-corrected chi connectivity index (χ3v) is 5.17. The maximum absolute atomic E-state index is 12.6. The largest absolute Gasteiger partial charge is 0.311 e. The lowest BCUT2D eigenvalue weighted by atomic mass is 10.0. The Morgan fingerprint density at radius 2 is 2.29 bits per heavy atom. The molecule has 2 fully saturated rings. The number of nitrogens with zero attached hydrogens (tertiary/aromatic N) is 4. The van der Waals surface area contributed by atoms with Crippen LogP contribution in [0.3, 0.4) is 0 Å². The van der Waals surface area contributed by atoms with Crippen LogP contribution in [0.2, 0.25) is 0 Å². The predicted octanol–water partition coefficient (Wildman–Crippen LogP) is 1.58. The number of thiophene rings is 1. The van der Waals surface area contributed by atoms with E-state index in [-0.39, 0.29) is 5.92 Å². The van der Waals surface area contributed by atoms with Gasteiger partial charge in [-0.1, -0.05) is 0 Å². The Bertz CT molecular complexity index is 650. The molecule has 2 saturated heterocycles. The average Bonchev–Trinajstić information content (AvgIpc) is 3.18. The molecule has 0 aromatic carbocycles. The Kier molecular flexibility index (Phi) is 3.08. The smallest absolute Gasteiger partial charge is 0.231 e. The zero-order chi connectivity index (χ0) is 14.4. The summed E-state index contributed by atoms with van der Waals surface area (Å²) in [5, 5.41) is 8.30. The molecule has 2 aromatic heterocycles. The van der Waals surface area contributed by atoms with Gasteiger partial charge in [-0.2, -0.15) is 16.4 Å². The Labute approximate surface area is 127 Å².